The molecule has 1 fully saturated rings. The van der Waals surface area contributed by atoms with Crippen LogP contribution in [0, 0.1) is 0 Å². The fourth-order valence-corrected chi connectivity index (χ4v) is 3.48. The molecule has 3 rings (SSSR count). The molecule has 0 saturated carbocycles. The number of nitrogens with one attached hydrogen (secondary N) is 1. The number of aromatic nitrogens is 2. The monoisotopic (exact) mass is 357 g/mol. The van der Waals surface area contributed by atoms with Crippen molar-refractivity contribution in [3.63, 3.8) is 0 Å². The Hall–Kier alpha value is -2.83. The minimum absolute atomic E-state index is 0.00337. The second-order valence-corrected chi connectivity index (χ2v) is 6.77. The number of aryl methyl sites for hydroxylation is 2. The maximum atomic E-state index is 12.9. The molecule has 0 spiro atoms. The van der Waals surface area contributed by atoms with Gasteiger partial charge in [-0.1, -0.05) is 12.1 Å². The zero-order chi connectivity index (χ0) is 18.7. The van der Waals surface area contributed by atoms with E-state index in [-0.39, 0.29) is 23.3 Å². The highest BCUT2D eigenvalue weighted by Gasteiger charge is 2.29. The van der Waals surface area contributed by atoms with Crippen LogP contribution in [0.4, 0.5) is 0 Å². The molecule has 7 nitrogen and oxygen atoms in total. The number of amides is 1. The number of aromatic amines is 1. The molecule has 1 aromatic carbocycles. The lowest BCUT2D eigenvalue weighted by Crippen LogP contribution is -2.46. The summed E-state index contributed by atoms with van der Waals surface area (Å²) in [5, 5.41) is 9.59. The average Bonchev–Trinajstić information content (AvgIpc) is 2.63. The lowest BCUT2D eigenvalue weighted by molar-refractivity contribution is 0.0599. The summed E-state index contributed by atoms with van der Waals surface area (Å²) in [4.78, 5) is 40.4. The van der Waals surface area contributed by atoms with Crippen molar-refractivity contribution in [3.05, 3.63) is 62.4 Å². The largest absolute Gasteiger partial charge is 0.508 e. The van der Waals surface area contributed by atoms with E-state index in [1.807, 2.05) is 6.07 Å². The molecule has 1 aliphatic heterocycles. The molecule has 0 unspecified atom stereocenters. The number of piperidine rings is 1. The van der Waals surface area contributed by atoms with Crippen molar-refractivity contribution in [2.75, 3.05) is 6.54 Å². The maximum absolute atomic E-state index is 12.9. The van der Waals surface area contributed by atoms with Crippen LogP contribution in [0.2, 0.25) is 0 Å². The van der Waals surface area contributed by atoms with Gasteiger partial charge >= 0.3 is 5.69 Å². The number of phenolic OH excluding ortho intramolecular Hbond substituents is 1. The molecule has 0 radical (unpaired) electrons. The minimum Gasteiger partial charge on any atom is -0.508 e. The molecule has 1 saturated heterocycles. The van der Waals surface area contributed by atoms with E-state index in [0.29, 0.717) is 6.54 Å². The van der Waals surface area contributed by atoms with Crippen molar-refractivity contribution in [1.29, 1.82) is 0 Å². The van der Waals surface area contributed by atoms with E-state index < -0.39 is 11.2 Å². The third kappa shape index (κ3) is 3.87. The Morgan fingerprint density at radius 3 is 2.88 bits per heavy atom. The number of likely N-dealkylation sites (tertiary alicyclic amines) is 1. The van der Waals surface area contributed by atoms with Crippen molar-refractivity contribution in [2.45, 2.75) is 38.1 Å². The maximum Gasteiger partial charge on any atom is 0.328 e. The highest BCUT2D eigenvalue weighted by Crippen LogP contribution is 2.23. The van der Waals surface area contributed by atoms with E-state index in [9.17, 15) is 19.5 Å². The number of rotatable bonds is 4. The minimum atomic E-state index is -0.643. The molecular weight excluding hydrogens is 334 g/mol. The first-order chi connectivity index (χ1) is 12.5. The van der Waals surface area contributed by atoms with Crippen molar-refractivity contribution in [3.8, 4) is 5.75 Å². The van der Waals surface area contributed by atoms with Crippen LogP contribution >= 0.6 is 0 Å². The summed E-state index contributed by atoms with van der Waals surface area (Å²) in [6, 6.07) is 7.15. The third-order valence-electron chi connectivity index (χ3n) is 4.90. The van der Waals surface area contributed by atoms with Gasteiger partial charge in [0.05, 0.1) is 0 Å². The van der Waals surface area contributed by atoms with Gasteiger partial charge in [-0.2, -0.15) is 0 Å². The first kappa shape index (κ1) is 18.0. The highest BCUT2D eigenvalue weighted by molar-refractivity contribution is 5.93. The fourth-order valence-electron chi connectivity index (χ4n) is 3.48. The van der Waals surface area contributed by atoms with Gasteiger partial charge in [0.15, 0.2) is 0 Å². The zero-order valence-corrected chi connectivity index (χ0v) is 14.8. The van der Waals surface area contributed by atoms with Crippen LogP contribution < -0.4 is 11.2 Å². The van der Waals surface area contributed by atoms with Crippen molar-refractivity contribution < 1.29 is 9.90 Å². The number of nitrogens with zero attached hydrogens (tertiary/aromatic N) is 2. The molecular formula is C19H23N3O4. The van der Waals surface area contributed by atoms with E-state index in [1.54, 1.807) is 23.1 Å². The van der Waals surface area contributed by atoms with E-state index in [0.717, 1.165) is 37.7 Å². The van der Waals surface area contributed by atoms with Crippen LogP contribution in [0.1, 0.15) is 41.6 Å². The quantitative estimate of drug-likeness (QED) is 0.865. The molecule has 138 valence electrons. The fraction of sp³-hybridized carbons (Fsp3) is 0.421. The van der Waals surface area contributed by atoms with Gasteiger partial charge in [0.2, 0.25) is 0 Å². The van der Waals surface area contributed by atoms with E-state index in [1.165, 1.54) is 17.8 Å². The summed E-state index contributed by atoms with van der Waals surface area (Å²) < 4.78 is 1.21. The lowest BCUT2D eigenvalue weighted by Gasteiger charge is -2.36. The molecule has 2 aromatic rings. The summed E-state index contributed by atoms with van der Waals surface area (Å²) in [5.74, 6) is -0.0988. The Bertz CT molecular complexity index is 915. The predicted molar refractivity (Wildman–Crippen MR) is 97.4 cm³/mol. The SMILES string of the molecule is Cn1cc(C(=O)N2CCCC[C@@H]2CCc2cccc(O)c2)c(=O)[nH]c1=O. The molecule has 2 heterocycles. The Labute approximate surface area is 150 Å². The van der Waals surface area contributed by atoms with Crippen molar-refractivity contribution in [1.82, 2.24) is 14.5 Å². The van der Waals surface area contributed by atoms with Crippen LogP contribution in [-0.4, -0.2) is 38.1 Å². The molecule has 1 atom stereocenters. The van der Waals surface area contributed by atoms with Gasteiger partial charge in [0.1, 0.15) is 11.3 Å². The summed E-state index contributed by atoms with van der Waals surface area (Å²) in [6.07, 6.45) is 5.64. The average molecular weight is 357 g/mol. The molecule has 0 bridgehead atoms. The number of hydrogen-bond acceptors (Lipinski definition) is 4. The summed E-state index contributed by atoms with van der Waals surface area (Å²) >= 11 is 0. The summed E-state index contributed by atoms with van der Waals surface area (Å²) in [6.45, 7) is 0.603. The highest BCUT2D eigenvalue weighted by atomic mass is 16.3. The standard InChI is InChI=1S/C19H23N3O4/c1-21-12-16(17(24)20-19(21)26)18(25)22-10-3-2-6-14(22)9-8-13-5-4-7-15(23)11-13/h4-5,7,11-12,14,23H,2-3,6,8-10H2,1H3,(H,20,24,26)/t14-/m1/s1. The van der Waals surface area contributed by atoms with Gasteiger partial charge in [-0.05, 0) is 49.8 Å². The second-order valence-electron chi connectivity index (χ2n) is 6.77. The van der Waals surface area contributed by atoms with Crippen LogP contribution in [0.5, 0.6) is 5.75 Å². The normalized spacial score (nSPS) is 17.3. The van der Waals surface area contributed by atoms with Gasteiger partial charge in [0, 0.05) is 25.8 Å². The van der Waals surface area contributed by atoms with E-state index in [2.05, 4.69) is 4.98 Å². The van der Waals surface area contributed by atoms with Crippen molar-refractivity contribution in [2.24, 2.45) is 7.05 Å². The molecule has 26 heavy (non-hydrogen) atoms. The Kier molecular flexibility index (Phi) is 5.25. The molecule has 7 heteroatoms. The van der Waals surface area contributed by atoms with Crippen LogP contribution in [0.15, 0.2) is 40.1 Å². The van der Waals surface area contributed by atoms with Crippen LogP contribution in [-0.2, 0) is 13.5 Å². The molecule has 1 aromatic heterocycles. The smallest absolute Gasteiger partial charge is 0.328 e. The molecule has 0 aliphatic carbocycles. The molecule has 1 amide bonds. The van der Waals surface area contributed by atoms with Gasteiger partial charge in [-0.3, -0.25) is 14.6 Å². The summed E-state index contributed by atoms with van der Waals surface area (Å²) in [7, 11) is 1.50. The summed E-state index contributed by atoms with van der Waals surface area (Å²) in [5.41, 5.74) is -0.166. The van der Waals surface area contributed by atoms with Gasteiger partial charge in [-0.25, -0.2) is 4.79 Å². The Morgan fingerprint density at radius 1 is 1.31 bits per heavy atom. The molecule has 1 aliphatic rings. The number of hydrogen-bond donors (Lipinski definition) is 2. The molecule has 2 N–H and O–H groups in total. The number of phenols is 1. The first-order valence-electron chi connectivity index (χ1n) is 8.84. The number of H-pyrrole nitrogens is 1. The second kappa shape index (κ2) is 7.59. The number of aromatic hydroxyl groups is 1. The number of carbonyl (C=O) groups excluding carboxylic acids is 1. The van der Waals surface area contributed by atoms with Crippen LogP contribution in [0.25, 0.3) is 0 Å². The first-order valence-corrected chi connectivity index (χ1v) is 8.84. The Balaban J connectivity index is 1.78. The van der Waals surface area contributed by atoms with E-state index in [4.69, 9.17) is 0 Å². The van der Waals surface area contributed by atoms with Gasteiger partial charge < -0.3 is 14.6 Å². The Morgan fingerprint density at radius 2 is 2.12 bits per heavy atom. The third-order valence-corrected chi connectivity index (χ3v) is 4.90. The zero-order valence-electron chi connectivity index (χ0n) is 14.8. The number of benzene rings is 1. The van der Waals surface area contributed by atoms with Gasteiger partial charge in [-0.15, -0.1) is 0 Å². The topological polar surface area (TPSA) is 95.4 Å². The van der Waals surface area contributed by atoms with Crippen molar-refractivity contribution >= 4 is 5.91 Å². The van der Waals surface area contributed by atoms with Gasteiger partial charge in [0.25, 0.3) is 11.5 Å². The van der Waals surface area contributed by atoms with Crippen LogP contribution in [0.3, 0.4) is 0 Å². The van der Waals surface area contributed by atoms with E-state index >= 15 is 0 Å². The lowest BCUT2D eigenvalue weighted by atomic mass is 9.95. The number of carbonyl (C=O) groups is 1. The predicted octanol–water partition coefficient (Wildman–Crippen LogP) is 1.41.